The number of aromatic hydroxyl groups is 3. The molecule has 0 amide bonds. The SMILES string of the molecule is CCC(C)C(C)=O.CCC(C)c1ccc(O)cc1.CCC(C)c1ccc(O)cc1.CCC(CC(CC(C)c1ccc(C(C)(C)C)cc1)c1ccc(O)cc1)c1ccc(OC(C)OCCOC(=O)c2cccs2)cc1. The number of Topliss-reactive ketones (excluding diaryl/α,β-unsaturated/α-hetero) is 1. The van der Waals surface area contributed by atoms with Gasteiger partial charge in [0.05, 0.1) is 6.61 Å². The van der Waals surface area contributed by atoms with E-state index in [2.05, 4.69) is 111 Å². The van der Waals surface area contributed by atoms with E-state index < -0.39 is 6.29 Å². The molecule has 5 aromatic carbocycles. The maximum Gasteiger partial charge on any atom is 0.348 e. The van der Waals surface area contributed by atoms with E-state index in [4.69, 9.17) is 24.4 Å². The number of esters is 1. The molecular weight excluding hydrogens is 941 g/mol. The lowest BCUT2D eigenvalue weighted by molar-refractivity contribution is -0.120. The molecule has 3 N–H and O–H groups in total. The summed E-state index contributed by atoms with van der Waals surface area (Å²) in [7, 11) is 0. The fourth-order valence-electron chi connectivity index (χ4n) is 8.09. The summed E-state index contributed by atoms with van der Waals surface area (Å²) in [6, 6.07) is 43.6. The van der Waals surface area contributed by atoms with Crippen LogP contribution in [0.1, 0.15) is 201 Å². The van der Waals surface area contributed by atoms with Crippen LogP contribution in [-0.2, 0) is 19.7 Å². The molecule has 9 heteroatoms. The van der Waals surface area contributed by atoms with E-state index in [1.54, 1.807) is 49.4 Å². The summed E-state index contributed by atoms with van der Waals surface area (Å²) in [6.45, 7) is 27.9. The van der Waals surface area contributed by atoms with Gasteiger partial charge in [-0.3, -0.25) is 4.79 Å². The predicted molar refractivity (Wildman–Crippen MR) is 308 cm³/mol. The largest absolute Gasteiger partial charge is 0.508 e. The number of carbonyl (C=O) groups is 2. The maximum absolute atomic E-state index is 12.0. The van der Waals surface area contributed by atoms with Crippen molar-refractivity contribution >= 4 is 23.1 Å². The lowest BCUT2D eigenvalue weighted by Crippen LogP contribution is -2.20. The van der Waals surface area contributed by atoms with Crippen molar-refractivity contribution in [1.82, 2.24) is 0 Å². The van der Waals surface area contributed by atoms with Crippen molar-refractivity contribution < 1.29 is 39.1 Å². The predicted octanol–water partition coefficient (Wildman–Crippen LogP) is 17.6. The number of ether oxygens (including phenoxy) is 3. The van der Waals surface area contributed by atoms with Crippen LogP contribution in [0.25, 0.3) is 0 Å². The zero-order chi connectivity index (χ0) is 54.8. The van der Waals surface area contributed by atoms with Gasteiger partial charge in [0.15, 0.2) is 6.29 Å². The van der Waals surface area contributed by atoms with Gasteiger partial charge < -0.3 is 29.5 Å². The number of phenols is 3. The minimum Gasteiger partial charge on any atom is -0.508 e. The first-order valence-corrected chi connectivity index (χ1v) is 27.6. The summed E-state index contributed by atoms with van der Waals surface area (Å²) in [5.41, 5.74) is 7.98. The monoisotopic (exact) mass is 1030 g/mol. The summed E-state index contributed by atoms with van der Waals surface area (Å²) in [5, 5.41) is 29.8. The molecule has 0 fully saturated rings. The average Bonchev–Trinajstić information content (AvgIpc) is 3.95. The van der Waals surface area contributed by atoms with Crippen molar-refractivity contribution in [3.8, 4) is 23.0 Å². The zero-order valence-corrected chi connectivity index (χ0v) is 47.6. The molecule has 6 aromatic rings. The van der Waals surface area contributed by atoms with E-state index in [1.807, 2.05) is 68.6 Å². The molecule has 1 heterocycles. The van der Waals surface area contributed by atoms with Crippen LogP contribution in [0, 0.1) is 5.92 Å². The van der Waals surface area contributed by atoms with Gasteiger partial charge >= 0.3 is 5.97 Å². The zero-order valence-electron chi connectivity index (χ0n) is 46.8. The van der Waals surface area contributed by atoms with Crippen LogP contribution in [0.5, 0.6) is 23.0 Å². The van der Waals surface area contributed by atoms with Crippen LogP contribution in [0.2, 0.25) is 0 Å². The van der Waals surface area contributed by atoms with Gasteiger partial charge in [0.25, 0.3) is 0 Å². The maximum atomic E-state index is 12.0. The third-order valence-corrected chi connectivity index (χ3v) is 14.8. The quantitative estimate of drug-likeness (QED) is 0.0370. The van der Waals surface area contributed by atoms with E-state index in [0.29, 0.717) is 57.5 Å². The molecule has 0 radical (unpaired) electrons. The van der Waals surface area contributed by atoms with Crippen molar-refractivity contribution in [2.24, 2.45) is 5.92 Å². The van der Waals surface area contributed by atoms with Crippen molar-refractivity contribution in [3.63, 3.8) is 0 Å². The Labute approximate surface area is 449 Å². The van der Waals surface area contributed by atoms with E-state index in [-0.39, 0.29) is 30.5 Å². The highest BCUT2D eigenvalue weighted by Gasteiger charge is 2.23. The Morgan fingerprint density at radius 3 is 1.38 bits per heavy atom. The molecular formula is C65H88O8S. The Hall–Kier alpha value is -5.90. The van der Waals surface area contributed by atoms with Crippen molar-refractivity contribution in [1.29, 1.82) is 0 Å². The standard InChI is InChI=1S/C39H48O5S.2C10H14O.C6H12O/c1-7-29(31-14-20-36(21-15-31)44-28(3)42-22-23-43-38(41)37-9-8-24-45-37)26-33(32-12-18-35(40)19-13-32)25-27(2)30-10-16-34(17-11-30)39(4,5)6;2*1-3-8(2)9-4-6-10(11)7-5-9;1-4-5(2)6(3)7/h8-21,24,27-29,33,40H,7,22-23,25-26H2,1-6H3;2*4-8,11H,3H2,1-2H3;5H,4H2,1-3H3. The molecule has 7 unspecified atom stereocenters. The molecule has 1 aromatic heterocycles. The van der Waals surface area contributed by atoms with Gasteiger partial charge in [-0.1, -0.05) is 155 Å². The molecule has 0 spiro atoms. The third kappa shape index (κ3) is 22.3. The summed E-state index contributed by atoms with van der Waals surface area (Å²) in [6.07, 6.45) is 5.83. The number of rotatable bonds is 21. The Morgan fingerprint density at radius 2 is 0.973 bits per heavy atom. The van der Waals surface area contributed by atoms with Gasteiger partial charge in [-0.15, -0.1) is 11.3 Å². The molecule has 0 aliphatic rings. The molecule has 7 atom stereocenters. The van der Waals surface area contributed by atoms with Crippen LogP contribution in [0.4, 0.5) is 0 Å². The van der Waals surface area contributed by atoms with Crippen molar-refractivity contribution in [2.75, 3.05) is 13.2 Å². The number of hydrogen-bond donors (Lipinski definition) is 3. The van der Waals surface area contributed by atoms with E-state index in [1.165, 1.54) is 44.7 Å². The smallest absolute Gasteiger partial charge is 0.348 e. The number of thiophene rings is 1. The Kier molecular flexibility index (Phi) is 27.3. The van der Waals surface area contributed by atoms with Crippen molar-refractivity contribution in [3.05, 3.63) is 177 Å². The van der Waals surface area contributed by atoms with Gasteiger partial charge in [0.2, 0.25) is 0 Å². The molecule has 0 aliphatic carbocycles. The number of benzene rings is 5. The highest BCUT2D eigenvalue weighted by Crippen LogP contribution is 2.40. The van der Waals surface area contributed by atoms with E-state index in [9.17, 15) is 14.7 Å². The number of carbonyl (C=O) groups excluding carboxylic acids is 2. The summed E-state index contributed by atoms with van der Waals surface area (Å²) in [4.78, 5) is 22.9. The molecule has 8 nitrogen and oxygen atoms in total. The Morgan fingerprint density at radius 1 is 0.527 bits per heavy atom. The first-order chi connectivity index (χ1) is 35.2. The highest BCUT2D eigenvalue weighted by atomic mass is 32.1. The molecule has 402 valence electrons. The first kappa shape index (κ1) is 62.4. The lowest BCUT2D eigenvalue weighted by atomic mass is 9.78. The minimum absolute atomic E-state index is 0.136. The summed E-state index contributed by atoms with van der Waals surface area (Å²) >= 11 is 1.36. The first-order valence-electron chi connectivity index (χ1n) is 26.8. The van der Waals surface area contributed by atoms with Crippen LogP contribution < -0.4 is 4.74 Å². The fraction of sp³-hybridized carbons (Fsp3) is 0.446. The molecule has 0 saturated heterocycles. The second kappa shape index (κ2) is 32.4. The van der Waals surface area contributed by atoms with Gasteiger partial charge in [-0.2, -0.15) is 0 Å². The molecule has 74 heavy (non-hydrogen) atoms. The Balaban J connectivity index is 0.000000398. The molecule has 0 bridgehead atoms. The van der Waals surface area contributed by atoms with Gasteiger partial charge in [-0.25, -0.2) is 4.79 Å². The fourth-order valence-corrected chi connectivity index (χ4v) is 8.71. The van der Waals surface area contributed by atoms with Crippen LogP contribution in [0.15, 0.2) is 139 Å². The number of ketones is 1. The lowest BCUT2D eigenvalue weighted by Gasteiger charge is -2.27. The van der Waals surface area contributed by atoms with Crippen LogP contribution in [-0.4, -0.2) is 46.6 Å². The second-order valence-corrected chi connectivity index (χ2v) is 21.5. The topological polar surface area (TPSA) is 123 Å². The van der Waals surface area contributed by atoms with Crippen molar-refractivity contribution in [2.45, 2.75) is 170 Å². The van der Waals surface area contributed by atoms with E-state index in [0.717, 1.165) is 44.3 Å². The molecule has 0 saturated carbocycles. The number of hydrogen-bond acceptors (Lipinski definition) is 9. The second-order valence-electron chi connectivity index (χ2n) is 20.6. The third-order valence-electron chi connectivity index (χ3n) is 13.9. The minimum atomic E-state index is -0.476. The average molecular weight is 1030 g/mol. The van der Waals surface area contributed by atoms with Crippen LogP contribution >= 0.6 is 11.3 Å². The van der Waals surface area contributed by atoms with E-state index >= 15 is 0 Å². The Bertz CT molecular complexity index is 2390. The summed E-state index contributed by atoms with van der Waals surface area (Å²) < 4.78 is 16.9. The van der Waals surface area contributed by atoms with Gasteiger partial charge in [0.1, 0.15) is 40.3 Å². The summed E-state index contributed by atoms with van der Waals surface area (Å²) in [5.74, 6) is 4.24. The highest BCUT2D eigenvalue weighted by molar-refractivity contribution is 7.11. The normalized spacial score (nSPS) is 13.9. The van der Waals surface area contributed by atoms with Gasteiger partial charge in [-0.05, 0) is 181 Å². The van der Waals surface area contributed by atoms with Gasteiger partial charge in [0, 0.05) is 5.92 Å². The molecule has 0 aliphatic heterocycles. The van der Waals surface area contributed by atoms with Crippen LogP contribution in [0.3, 0.4) is 0 Å². The number of phenolic OH excluding ortho intramolecular Hbond substituents is 3. The molecule has 6 rings (SSSR count).